The van der Waals surface area contributed by atoms with Crippen LogP contribution in [0.4, 0.5) is 0 Å². The molecule has 4 N–H and O–H groups in total. The van der Waals surface area contributed by atoms with Gasteiger partial charge in [-0.1, -0.05) is 24.3 Å². The first-order chi connectivity index (χ1) is 6.49. The van der Waals surface area contributed by atoms with Gasteiger partial charge in [0.05, 0.1) is 6.61 Å². The zero-order valence-electron chi connectivity index (χ0n) is 8.14. The first-order valence-electron chi connectivity index (χ1n) is 4.35. The van der Waals surface area contributed by atoms with E-state index in [9.17, 15) is 4.57 Å². The molecule has 1 aromatic carbocycles. The summed E-state index contributed by atoms with van der Waals surface area (Å²) >= 11 is 0. The topological polar surface area (TPSA) is 78.3 Å². The molecule has 78 valence electrons. The average molecular weight is 214 g/mol. The van der Waals surface area contributed by atoms with E-state index in [4.69, 9.17) is 15.5 Å². The molecule has 0 saturated carbocycles. The summed E-state index contributed by atoms with van der Waals surface area (Å²) in [6, 6.07) is 7.93. The number of nitrogens with two attached hydrogens (primary N) is 2. The van der Waals surface area contributed by atoms with Crippen molar-refractivity contribution in [1.29, 1.82) is 0 Å². The van der Waals surface area contributed by atoms with Gasteiger partial charge < -0.3 is 4.52 Å². The highest BCUT2D eigenvalue weighted by atomic mass is 31.2. The second-order valence-electron chi connectivity index (χ2n) is 3.15. The van der Waals surface area contributed by atoms with E-state index in [0.29, 0.717) is 6.42 Å². The van der Waals surface area contributed by atoms with Crippen LogP contribution in [0.2, 0.25) is 0 Å². The first-order valence-corrected chi connectivity index (χ1v) is 6.11. The summed E-state index contributed by atoms with van der Waals surface area (Å²) < 4.78 is 15.6. The number of benzene rings is 1. The van der Waals surface area contributed by atoms with Crippen molar-refractivity contribution >= 4 is 7.67 Å². The molecule has 1 rings (SSSR count). The number of rotatable bonds is 4. The summed E-state index contributed by atoms with van der Waals surface area (Å²) in [4.78, 5) is 0. The molecule has 0 amide bonds. The normalized spacial score (nSPS) is 11.6. The van der Waals surface area contributed by atoms with Gasteiger partial charge in [-0.05, 0) is 24.5 Å². The lowest BCUT2D eigenvalue weighted by atomic mass is 10.1. The molecule has 0 bridgehead atoms. The van der Waals surface area contributed by atoms with Crippen LogP contribution in [-0.4, -0.2) is 6.61 Å². The highest BCUT2D eigenvalue weighted by Crippen LogP contribution is 2.26. The minimum Gasteiger partial charge on any atom is -0.306 e. The van der Waals surface area contributed by atoms with E-state index < -0.39 is 7.67 Å². The first kappa shape index (κ1) is 11.4. The van der Waals surface area contributed by atoms with Gasteiger partial charge in [-0.3, -0.25) is 4.57 Å². The summed E-state index contributed by atoms with van der Waals surface area (Å²) in [5, 5.41) is 0. The van der Waals surface area contributed by atoms with E-state index in [1.165, 1.54) is 5.56 Å². The molecule has 0 heterocycles. The molecule has 0 radical (unpaired) electrons. The van der Waals surface area contributed by atoms with Crippen molar-refractivity contribution in [2.45, 2.75) is 13.3 Å². The van der Waals surface area contributed by atoms with Crippen LogP contribution in [0, 0.1) is 6.92 Å². The van der Waals surface area contributed by atoms with Crippen LogP contribution in [0.3, 0.4) is 0 Å². The van der Waals surface area contributed by atoms with Crippen molar-refractivity contribution in [2.24, 2.45) is 11.0 Å². The second-order valence-corrected chi connectivity index (χ2v) is 4.70. The van der Waals surface area contributed by atoms with Crippen molar-refractivity contribution in [3.63, 3.8) is 0 Å². The molecule has 14 heavy (non-hydrogen) atoms. The summed E-state index contributed by atoms with van der Waals surface area (Å²) in [5.74, 6) is 0. The molecule has 1 aromatic rings. The minimum absolute atomic E-state index is 0.287. The lowest BCUT2D eigenvalue weighted by molar-refractivity contribution is 0.318. The van der Waals surface area contributed by atoms with Gasteiger partial charge in [-0.25, -0.2) is 11.0 Å². The zero-order chi connectivity index (χ0) is 10.6. The highest BCUT2D eigenvalue weighted by Gasteiger charge is 2.08. The lowest BCUT2D eigenvalue weighted by Crippen LogP contribution is -2.10. The van der Waals surface area contributed by atoms with Crippen molar-refractivity contribution in [3.8, 4) is 0 Å². The van der Waals surface area contributed by atoms with Gasteiger partial charge in [0, 0.05) is 0 Å². The summed E-state index contributed by atoms with van der Waals surface area (Å²) in [6.07, 6.45) is 0.672. The highest BCUT2D eigenvalue weighted by molar-refractivity contribution is 7.53. The average Bonchev–Trinajstić information content (AvgIpc) is 2.06. The molecular formula is C9H15N2O2P. The van der Waals surface area contributed by atoms with E-state index in [1.807, 2.05) is 31.2 Å². The van der Waals surface area contributed by atoms with Crippen LogP contribution in [0.25, 0.3) is 0 Å². The molecule has 0 fully saturated rings. The summed E-state index contributed by atoms with van der Waals surface area (Å²) in [5.41, 5.74) is 12.4. The van der Waals surface area contributed by atoms with Gasteiger partial charge in [-0.2, -0.15) is 0 Å². The molecular weight excluding hydrogens is 199 g/mol. The number of hydrogen-bond donors (Lipinski definition) is 2. The van der Waals surface area contributed by atoms with Crippen LogP contribution < -0.4 is 11.0 Å². The Balaban J connectivity index is 2.47. The van der Waals surface area contributed by atoms with Gasteiger partial charge in [0.15, 0.2) is 0 Å². The van der Waals surface area contributed by atoms with E-state index in [2.05, 4.69) is 0 Å². The predicted octanol–water partition coefficient (Wildman–Crippen LogP) is 1.58. The monoisotopic (exact) mass is 214 g/mol. The molecule has 0 unspecified atom stereocenters. The third-order valence-corrected chi connectivity index (χ3v) is 2.51. The van der Waals surface area contributed by atoms with Gasteiger partial charge in [0.1, 0.15) is 0 Å². The molecule has 0 saturated heterocycles. The van der Waals surface area contributed by atoms with Crippen molar-refractivity contribution in [2.75, 3.05) is 6.61 Å². The van der Waals surface area contributed by atoms with Crippen LogP contribution in [0.1, 0.15) is 11.1 Å². The van der Waals surface area contributed by atoms with Crippen LogP contribution in [0.5, 0.6) is 0 Å². The fourth-order valence-corrected chi connectivity index (χ4v) is 1.57. The van der Waals surface area contributed by atoms with Crippen LogP contribution >= 0.6 is 7.67 Å². The third kappa shape index (κ3) is 4.03. The van der Waals surface area contributed by atoms with E-state index >= 15 is 0 Å². The Morgan fingerprint density at radius 3 is 2.57 bits per heavy atom. The van der Waals surface area contributed by atoms with Gasteiger partial charge in [0.2, 0.25) is 0 Å². The quantitative estimate of drug-likeness (QED) is 0.746. The van der Waals surface area contributed by atoms with Gasteiger partial charge in [-0.15, -0.1) is 0 Å². The van der Waals surface area contributed by atoms with Crippen molar-refractivity contribution < 1.29 is 9.09 Å². The fraction of sp³-hybridized carbons (Fsp3) is 0.333. The smallest absolute Gasteiger partial charge is 0.306 e. The minimum atomic E-state index is -3.32. The maximum atomic E-state index is 10.8. The van der Waals surface area contributed by atoms with Gasteiger partial charge >= 0.3 is 7.67 Å². The lowest BCUT2D eigenvalue weighted by Gasteiger charge is -2.08. The molecule has 0 aliphatic heterocycles. The van der Waals surface area contributed by atoms with E-state index in [-0.39, 0.29) is 6.61 Å². The van der Waals surface area contributed by atoms with Crippen molar-refractivity contribution in [1.82, 2.24) is 0 Å². The van der Waals surface area contributed by atoms with Crippen LogP contribution in [-0.2, 0) is 15.5 Å². The number of aryl methyl sites for hydroxylation is 1. The molecule has 4 nitrogen and oxygen atoms in total. The third-order valence-electron chi connectivity index (χ3n) is 1.93. The maximum Gasteiger partial charge on any atom is 0.335 e. The molecule has 0 aromatic heterocycles. The predicted molar refractivity (Wildman–Crippen MR) is 56.8 cm³/mol. The molecule has 0 spiro atoms. The number of hydrogen-bond acceptors (Lipinski definition) is 2. The summed E-state index contributed by atoms with van der Waals surface area (Å²) in [6.45, 7) is 2.30. The summed E-state index contributed by atoms with van der Waals surface area (Å²) in [7, 11) is -3.32. The largest absolute Gasteiger partial charge is 0.335 e. The Hall–Kier alpha value is -0.670. The second kappa shape index (κ2) is 4.71. The molecule has 0 aliphatic carbocycles. The van der Waals surface area contributed by atoms with E-state index in [0.717, 1.165) is 5.56 Å². The Morgan fingerprint density at radius 1 is 1.36 bits per heavy atom. The molecule has 5 heteroatoms. The van der Waals surface area contributed by atoms with E-state index in [1.54, 1.807) is 0 Å². The van der Waals surface area contributed by atoms with Gasteiger partial charge in [0.25, 0.3) is 0 Å². The Bertz CT molecular complexity index is 348. The fourth-order valence-electron chi connectivity index (χ4n) is 1.19. The molecule has 0 atom stereocenters. The zero-order valence-corrected chi connectivity index (χ0v) is 9.04. The standard InChI is InChI=1S/C9H15N2O2P/c1-8-4-2-3-5-9(8)6-7-13-14(10,11)12/h2-5H,6-7H2,1H3,(H4,10,11,12). The Labute approximate surface area is 83.8 Å². The Morgan fingerprint density at radius 2 is 2.00 bits per heavy atom. The van der Waals surface area contributed by atoms with Crippen LogP contribution in [0.15, 0.2) is 24.3 Å². The van der Waals surface area contributed by atoms with Crippen molar-refractivity contribution in [3.05, 3.63) is 35.4 Å². The Kier molecular flexibility index (Phi) is 3.84. The maximum absolute atomic E-state index is 10.8. The SMILES string of the molecule is Cc1ccccc1CCOP(N)(N)=O. The molecule has 0 aliphatic rings.